The Kier molecular flexibility index (Phi) is 3.20. The second-order valence-electron chi connectivity index (χ2n) is 2.77. The zero-order valence-corrected chi connectivity index (χ0v) is 7.86. The molecule has 0 aromatic carbocycles. The average molecular weight is 243 g/mol. The smallest absolute Gasteiger partial charge is 0.420 e. The number of hydrogen-bond acceptors (Lipinski definition) is 2. The van der Waals surface area contributed by atoms with Crippen LogP contribution in [0.15, 0.2) is 11.0 Å². The van der Waals surface area contributed by atoms with Crippen LogP contribution >= 0.6 is 0 Å². The van der Waals surface area contributed by atoms with E-state index in [2.05, 4.69) is 4.74 Å². The van der Waals surface area contributed by atoms with E-state index in [1.54, 1.807) is 4.98 Å². The molecular formula is C8H6F5NO2. The van der Waals surface area contributed by atoms with Crippen molar-refractivity contribution in [3.05, 3.63) is 27.7 Å². The molecule has 0 saturated heterocycles. The Morgan fingerprint density at radius 1 is 1.38 bits per heavy atom. The quantitative estimate of drug-likeness (QED) is 0.810. The third kappa shape index (κ3) is 2.15. The Hall–Kier alpha value is -1.60. The fourth-order valence-electron chi connectivity index (χ4n) is 1.19. The number of rotatable bonds is 2. The van der Waals surface area contributed by atoms with Crippen molar-refractivity contribution < 1.29 is 26.7 Å². The van der Waals surface area contributed by atoms with Crippen LogP contribution in [0.1, 0.15) is 17.6 Å². The second-order valence-corrected chi connectivity index (χ2v) is 2.77. The molecule has 0 aliphatic heterocycles. The number of methoxy groups -OCH3 is 1. The van der Waals surface area contributed by atoms with Crippen molar-refractivity contribution in [3.63, 3.8) is 0 Å². The molecule has 0 spiro atoms. The van der Waals surface area contributed by atoms with Gasteiger partial charge in [0, 0.05) is 6.20 Å². The second kappa shape index (κ2) is 4.11. The summed E-state index contributed by atoms with van der Waals surface area (Å²) < 4.78 is 66.4. The van der Waals surface area contributed by atoms with Crippen molar-refractivity contribution in [1.82, 2.24) is 4.98 Å². The van der Waals surface area contributed by atoms with Crippen LogP contribution in [0.5, 0.6) is 5.75 Å². The first-order valence-electron chi connectivity index (χ1n) is 3.94. The van der Waals surface area contributed by atoms with E-state index in [9.17, 15) is 26.7 Å². The molecule has 90 valence electrons. The van der Waals surface area contributed by atoms with Crippen molar-refractivity contribution in [2.45, 2.75) is 12.6 Å². The first-order valence-corrected chi connectivity index (χ1v) is 3.94. The van der Waals surface area contributed by atoms with Gasteiger partial charge in [-0.1, -0.05) is 0 Å². The molecule has 0 aliphatic carbocycles. The van der Waals surface area contributed by atoms with Crippen LogP contribution in [0, 0.1) is 0 Å². The summed E-state index contributed by atoms with van der Waals surface area (Å²) in [4.78, 5) is 12.7. The minimum absolute atomic E-state index is 0.594. The number of hydrogen-bond donors (Lipinski definition) is 1. The first kappa shape index (κ1) is 12.5. The van der Waals surface area contributed by atoms with E-state index in [1.807, 2.05) is 0 Å². The van der Waals surface area contributed by atoms with Crippen LogP contribution in [0.3, 0.4) is 0 Å². The molecule has 0 fully saturated rings. The maximum absolute atomic E-state index is 12.5. The first-order chi connectivity index (χ1) is 7.29. The monoisotopic (exact) mass is 243 g/mol. The van der Waals surface area contributed by atoms with Gasteiger partial charge in [0.2, 0.25) is 0 Å². The molecule has 0 amide bonds. The molecule has 1 rings (SSSR count). The van der Waals surface area contributed by atoms with Gasteiger partial charge in [0.25, 0.3) is 12.0 Å². The maximum atomic E-state index is 12.5. The molecule has 8 heteroatoms. The van der Waals surface area contributed by atoms with E-state index in [4.69, 9.17) is 0 Å². The molecule has 16 heavy (non-hydrogen) atoms. The van der Waals surface area contributed by atoms with Crippen molar-refractivity contribution in [2.24, 2.45) is 0 Å². The van der Waals surface area contributed by atoms with Gasteiger partial charge in [-0.05, 0) is 0 Å². The zero-order valence-electron chi connectivity index (χ0n) is 7.86. The third-order valence-corrected chi connectivity index (χ3v) is 1.82. The lowest BCUT2D eigenvalue weighted by atomic mass is 10.1. The summed E-state index contributed by atoms with van der Waals surface area (Å²) in [5, 5.41) is 0. The molecular weight excluding hydrogens is 237 g/mol. The van der Waals surface area contributed by atoms with Gasteiger partial charge in [0.05, 0.1) is 12.7 Å². The minimum Gasteiger partial charge on any atom is -0.495 e. The summed E-state index contributed by atoms with van der Waals surface area (Å²) in [7, 11) is 0.887. The van der Waals surface area contributed by atoms with Crippen molar-refractivity contribution in [3.8, 4) is 5.75 Å². The highest BCUT2D eigenvalue weighted by atomic mass is 19.4. The number of nitrogens with one attached hydrogen (secondary N) is 1. The molecule has 1 aromatic rings. The summed E-state index contributed by atoms with van der Waals surface area (Å²) in [5.74, 6) is -0.845. The average Bonchev–Trinajstić information content (AvgIpc) is 2.15. The zero-order chi connectivity index (χ0) is 12.5. The fraction of sp³-hybridized carbons (Fsp3) is 0.375. The van der Waals surface area contributed by atoms with Crippen LogP contribution in [0.2, 0.25) is 0 Å². The van der Waals surface area contributed by atoms with Gasteiger partial charge < -0.3 is 9.72 Å². The van der Waals surface area contributed by atoms with Gasteiger partial charge >= 0.3 is 6.18 Å². The normalized spacial score (nSPS) is 11.9. The third-order valence-electron chi connectivity index (χ3n) is 1.82. The predicted octanol–water partition coefficient (Wildman–Crippen LogP) is 2.34. The Balaban J connectivity index is 3.63. The van der Waals surface area contributed by atoms with E-state index in [1.165, 1.54) is 0 Å². The van der Waals surface area contributed by atoms with Crippen molar-refractivity contribution >= 4 is 0 Å². The number of alkyl halides is 5. The summed E-state index contributed by atoms with van der Waals surface area (Å²) in [5.41, 5.74) is -4.86. The largest absolute Gasteiger partial charge is 0.495 e. The Morgan fingerprint density at radius 3 is 2.31 bits per heavy atom. The standard InChI is InChI=1S/C8H6F5NO2/c1-16-3-2-14-7(15)4(6(9)10)5(3)8(11,12)13/h2,6H,1H3,(H,14,15). The molecule has 0 atom stereocenters. The van der Waals surface area contributed by atoms with Crippen LogP contribution in [-0.4, -0.2) is 12.1 Å². The van der Waals surface area contributed by atoms with Gasteiger partial charge in [-0.3, -0.25) is 4.79 Å². The Labute approximate surface area is 85.8 Å². The summed E-state index contributed by atoms with van der Waals surface area (Å²) in [6, 6.07) is 0. The number of H-pyrrole nitrogens is 1. The Morgan fingerprint density at radius 2 is 1.94 bits per heavy atom. The van der Waals surface area contributed by atoms with E-state index >= 15 is 0 Å². The van der Waals surface area contributed by atoms with Crippen molar-refractivity contribution in [2.75, 3.05) is 7.11 Å². The van der Waals surface area contributed by atoms with Gasteiger partial charge in [-0.15, -0.1) is 0 Å². The summed E-state index contributed by atoms with van der Waals surface area (Å²) >= 11 is 0. The predicted molar refractivity (Wildman–Crippen MR) is 43.6 cm³/mol. The highest BCUT2D eigenvalue weighted by Gasteiger charge is 2.41. The lowest BCUT2D eigenvalue weighted by Gasteiger charge is -2.14. The van der Waals surface area contributed by atoms with Crippen LogP contribution in [0.25, 0.3) is 0 Å². The topological polar surface area (TPSA) is 42.1 Å². The SMILES string of the molecule is COc1c[nH]c(=O)c(C(F)F)c1C(F)(F)F. The van der Waals surface area contributed by atoms with Crippen LogP contribution in [-0.2, 0) is 6.18 Å². The van der Waals surface area contributed by atoms with E-state index in [0.717, 1.165) is 7.11 Å². The van der Waals surface area contributed by atoms with Crippen molar-refractivity contribution in [1.29, 1.82) is 0 Å². The van der Waals surface area contributed by atoms with Gasteiger partial charge in [-0.25, -0.2) is 8.78 Å². The number of aromatic amines is 1. The van der Waals surface area contributed by atoms with E-state index < -0.39 is 35.0 Å². The molecule has 1 heterocycles. The molecule has 0 bridgehead atoms. The lowest BCUT2D eigenvalue weighted by molar-refractivity contribution is -0.140. The van der Waals surface area contributed by atoms with Crippen LogP contribution in [0.4, 0.5) is 22.0 Å². The number of halogens is 5. The summed E-state index contributed by atoms with van der Waals surface area (Å²) in [6.45, 7) is 0. The van der Waals surface area contributed by atoms with Gasteiger partial charge in [-0.2, -0.15) is 13.2 Å². The molecule has 0 saturated carbocycles. The molecule has 3 nitrogen and oxygen atoms in total. The number of aromatic nitrogens is 1. The number of pyridine rings is 1. The summed E-state index contributed by atoms with van der Waals surface area (Å²) in [6.07, 6.45) is -8.02. The molecule has 0 radical (unpaired) electrons. The molecule has 0 unspecified atom stereocenters. The number of ether oxygens (including phenoxy) is 1. The fourth-order valence-corrected chi connectivity index (χ4v) is 1.19. The van der Waals surface area contributed by atoms with Gasteiger partial charge in [0.1, 0.15) is 11.3 Å². The van der Waals surface area contributed by atoms with E-state index in [0.29, 0.717) is 6.20 Å². The Bertz CT molecular complexity index is 437. The molecule has 0 aliphatic rings. The maximum Gasteiger partial charge on any atom is 0.420 e. The van der Waals surface area contributed by atoms with Gasteiger partial charge in [0.15, 0.2) is 0 Å². The molecule has 1 aromatic heterocycles. The minimum atomic E-state index is -5.08. The lowest BCUT2D eigenvalue weighted by Crippen LogP contribution is -2.22. The van der Waals surface area contributed by atoms with Crippen LogP contribution < -0.4 is 10.3 Å². The highest BCUT2D eigenvalue weighted by Crippen LogP contribution is 2.39. The molecule has 1 N–H and O–H groups in total. The van der Waals surface area contributed by atoms with E-state index in [-0.39, 0.29) is 0 Å². The highest BCUT2D eigenvalue weighted by molar-refractivity contribution is 5.40.